The van der Waals surface area contributed by atoms with E-state index in [1.165, 1.54) is 11.3 Å². The summed E-state index contributed by atoms with van der Waals surface area (Å²) in [6, 6.07) is 16.0. The number of carbonyl (C=O) groups excluding carboxylic acids is 1. The number of aliphatic hydroxyl groups is 2. The van der Waals surface area contributed by atoms with Crippen molar-refractivity contribution in [1.29, 1.82) is 0 Å². The Morgan fingerprint density at radius 3 is 2.56 bits per heavy atom. The predicted molar refractivity (Wildman–Crippen MR) is 140 cm³/mol. The SMILES string of the molecule is O=C(NC(CO)CO)c1csc2c1SNC(c1c(O)c3ccccc3n(Cc3ccccc3)c1=O)=N2. The van der Waals surface area contributed by atoms with Gasteiger partial charge in [0.1, 0.15) is 16.3 Å². The molecule has 11 heteroatoms. The molecule has 9 nitrogen and oxygen atoms in total. The Bertz CT molecular complexity index is 1530. The molecule has 0 radical (unpaired) electrons. The molecule has 1 aliphatic heterocycles. The lowest BCUT2D eigenvalue weighted by atomic mass is 10.1. The number of aromatic hydroxyl groups is 1. The Morgan fingerprint density at radius 1 is 1.08 bits per heavy atom. The van der Waals surface area contributed by atoms with Gasteiger partial charge in [-0.05, 0) is 29.6 Å². The van der Waals surface area contributed by atoms with Gasteiger partial charge in [0.25, 0.3) is 11.5 Å². The molecule has 4 aromatic rings. The molecule has 5 rings (SSSR count). The number of pyridine rings is 1. The number of nitrogens with zero attached hydrogens (tertiary/aromatic N) is 2. The van der Waals surface area contributed by atoms with Crippen LogP contribution in [-0.2, 0) is 6.54 Å². The summed E-state index contributed by atoms with van der Waals surface area (Å²) in [5, 5.41) is 34.8. The molecule has 0 aliphatic carbocycles. The predicted octanol–water partition coefficient (Wildman–Crippen LogP) is 2.59. The van der Waals surface area contributed by atoms with Crippen LogP contribution in [0.25, 0.3) is 10.9 Å². The van der Waals surface area contributed by atoms with Gasteiger partial charge >= 0.3 is 0 Å². The van der Waals surface area contributed by atoms with Crippen LogP contribution in [0, 0.1) is 0 Å². The molecule has 0 atom stereocenters. The largest absolute Gasteiger partial charge is 0.506 e. The summed E-state index contributed by atoms with van der Waals surface area (Å²) in [6.45, 7) is -0.461. The van der Waals surface area contributed by atoms with Gasteiger partial charge in [-0.1, -0.05) is 42.5 Å². The van der Waals surface area contributed by atoms with Gasteiger partial charge in [-0.15, -0.1) is 11.3 Å². The van der Waals surface area contributed by atoms with Gasteiger partial charge in [-0.2, -0.15) is 0 Å². The van der Waals surface area contributed by atoms with E-state index in [2.05, 4.69) is 15.0 Å². The number of carbonyl (C=O) groups is 1. The maximum atomic E-state index is 13.7. The van der Waals surface area contributed by atoms with E-state index in [1.54, 1.807) is 28.1 Å². The minimum atomic E-state index is -0.772. The first kappa shape index (κ1) is 24.1. The van der Waals surface area contributed by atoms with Crippen LogP contribution < -0.4 is 15.6 Å². The van der Waals surface area contributed by atoms with Gasteiger partial charge in [0.2, 0.25) is 0 Å². The number of amides is 1. The Labute approximate surface area is 213 Å². The lowest BCUT2D eigenvalue weighted by Crippen LogP contribution is -2.40. The van der Waals surface area contributed by atoms with Crippen LogP contribution in [-0.4, -0.2) is 50.9 Å². The zero-order valence-electron chi connectivity index (χ0n) is 18.8. The van der Waals surface area contributed by atoms with Crippen molar-refractivity contribution in [2.45, 2.75) is 17.5 Å². The van der Waals surface area contributed by atoms with Crippen molar-refractivity contribution in [2.75, 3.05) is 13.2 Å². The second kappa shape index (κ2) is 10.2. The van der Waals surface area contributed by atoms with Crippen molar-refractivity contribution >= 4 is 50.9 Å². The van der Waals surface area contributed by atoms with E-state index < -0.39 is 30.7 Å². The molecular formula is C25H22N4O5S2. The van der Waals surface area contributed by atoms with Crippen molar-refractivity contribution in [3.05, 3.63) is 87.0 Å². The number of nitrogens with one attached hydrogen (secondary N) is 2. The Morgan fingerprint density at radius 2 is 1.81 bits per heavy atom. The Balaban J connectivity index is 1.58. The third kappa shape index (κ3) is 4.37. The van der Waals surface area contributed by atoms with E-state index in [-0.39, 0.29) is 17.1 Å². The molecule has 3 heterocycles. The maximum Gasteiger partial charge on any atom is 0.266 e. The molecule has 0 fully saturated rings. The van der Waals surface area contributed by atoms with Gasteiger partial charge in [-0.3, -0.25) is 9.59 Å². The first-order valence-electron chi connectivity index (χ1n) is 11.1. The fraction of sp³-hybridized carbons (Fsp3) is 0.160. The average molecular weight is 523 g/mol. The van der Waals surface area contributed by atoms with E-state index in [4.69, 9.17) is 0 Å². The van der Waals surface area contributed by atoms with Crippen molar-refractivity contribution in [3.8, 4) is 5.75 Å². The number of aliphatic imine (C=N–C) groups is 1. The van der Waals surface area contributed by atoms with Crippen LogP contribution in [0.1, 0.15) is 21.5 Å². The number of para-hydroxylation sites is 1. The quantitative estimate of drug-likeness (QED) is 0.235. The standard InChI is InChI=1S/C25H22N4O5S2/c30-11-15(12-31)26-23(33)17-13-35-24-21(17)36-28-22(27-24)19-20(32)16-8-4-5-9-18(16)29(25(19)34)10-14-6-2-1-3-7-14/h1-9,13,15,30-32H,10-12H2,(H,26,33)(H,27,28). The molecule has 0 spiro atoms. The highest BCUT2D eigenvalue weighted by Crippen LogP contribution is 2.41. The zero-order chi connectivity index (χ0) is 25.2. The maximum absolute atomic E-state index is 13.7. The van der Waals surface area contributed by atoms with E-state index in [0.29, 0.717) is 32.9 Å². The molecular weight excluding hydrogens is 500 g/mol. The summed E-state index contributed by atoms with van der Waals surface area (Å²) in [7, 11) is 0. The third-order valence-electron chi connectivity index (χ3n) is 5.78. The van der Waals surface area contributed by atoms with Gasteiger partial charge in [0, 0.05) is 10.8 Å². The summed E-state index contributed by atoms with van der Waals surface area (Å²) < 4.78 is 4.63. The average Bonchev–Trinajstić information content (AvgIpc) is 3.34. The van der Waals surface area contributed by atoms with Crippen molar-refractivity contribution in [3.63, 3.8) is 0 Å². The highest BCUT2D eigenvalue weighted by atomic mass is 32.2. The fourth-order valence-corrected chi connectivity index (χ4v) is 5.84. The molecule has 5 N–H and O–H groups in total. The zero-order valence-corrected chi connectivity index (χ0v) is 20.5. The fourth-order valence-electron chi connectivity index (χ4n) is 3.94. The van der Waals surface area contributed by atoms with Crippen LogP contribution in [0.4, 0.5) is 5.00 Å². The molecule has 0 bridgehead atoms. The summed E-state index contributed by atoms with van der Waals surface area (Å²) >= 11 is 2.33. The van der Waals surface area contributed by atoms with Crippen LogP contribution in [0.3, 0.4) is 0 Å². The monoisotopic (exact) mass is 522 g/mol. The van der Waals surface area contributed by atoms with Crippen LogP contribution in [0.2, 0.25) is 0 Å². The van der Waals surface area contributed by atoms with Crippen LogP contribution in [0.15, 0.2) is 74.7 Å². The molecule has 2 aromatic carbocycles. The summed E-state index contributed by atoms with van der Waals surface area (Å²) in [5.41, 5.74) is 1.53. The molecule has 1 amide bonds. The van der Waals surface area contributed by atoms with Crippen molar-refractivity contribution in [1.82, 2.24) is 14.6 Å². The van der Waals surface area contributed by atoms with E-state index in [9.17, 15) is 24.9 Å². The number of amidine groups is 1. The lowest BCUT2D eigenvalue weighted by Gasteiger charge is -2.19. The Hall–Kier alpha value is -3.64. The normalized spacial score (nSPS) is 12.8. The van der Waals surface area contributed by atoms with Crippen LogP contribution >= 0.6 is 23.3 Å². The highest BCUT2D eigenvalue weighted by molar-refractivity contribution is 7.98. The van der Waals surface area contributed by atoms with E-state index in [1.807, 2.05) is 36.4 Å². The Kier molecular flexibility index (Phi) is 6.79. The number of aliphatic hydroxyl groups excluding tert-OH is 2. The van der Waals surface area contributed by atoms with Gasteiger partial charge < -0.3 is 29.9 Å². The number of rotatable bonds is 7. The first-order valence-corrected chi connectivity index (χ1v) is 12.8. The molecule has 2 aromatic heterocycles. The molecule has 184 valence electrons. The smallest absolute Gasteiger partial charge is 0.266 e. The molecule has 0 saturated heterocycles. The molecule has 1 aliphatic rings. The number of aromatic nitrogens is 1. The number of fused-ring (bicyclic) bond motifs is 2. The number of hydrogen-bond donors (Lipinski definition) is 5. The minimum Gasteiger partial charge on any atom is -0.506 e. The molecule has 36 heavy (non-hydrogen) atoms. The van der Waals surface area contributed by atoms with Gasteiger partial charge in [0.15, 0.2) is 5.84 Å². The number of benzene rings is 2. The second-order valence-electron chi connectivity index (χ2n) is 8.10. The first-order chi connectivity index (χ1) is 17.5. The van der Waals surface area contributed by atoms with Gasteiger partial charge in [-0.25, -0.2) is 4.99 Å². The van der Waals surface area contributed by atoms with Crippen LogP contribution in [0.5, 0.6) is 5.75 Å². The summed E-state index contributed by atoms with van der Waals surface area (Å²) in [5.74, 6) is -0.425. The number of thiophene rings is 1. The second-order valence-corrected chi connectivity index (χ2v) is 9.78. The summed E-state index contributed by atoms with van der Waals surface area (Å²) in [4.78, 5) is 31.4. The third-order valence-corrected chi connectivity index (χ3v) is 7.69. The highest BCUT2D eigenvalue weighted by Gasteiger charge is 2.28. The summed E-state index contributed by atoms with van der Waals surface area (Å²) in [6.07, 6.45) is 0. The number of hydrogen-bond acceptors (Lipinski definition) is 9. The topological polar surface area (TPSA) is 136 Å². The lowest BCUT2D eigenvalue weighted by molar-refractivity contribution is 0.0877. The van der Waals surface area contributed by atoms with Crippen molar-refractivity contribution in [2.24, 2.45) is 4.99 Å². The van der Waals surface area contributed by atoms with E-state index >= 15 is 0 Å². The molecule has 0 saturated carbocycles. The minimum absolute atomic E-state index is 0.0443. The van der Waals surface area contributed by atoms with E-state index in [0.717, 1.165) is 17.5 Å². The van der Waals surface area contributed by atoms with Crippen molar-refractivity contribution < 1.29 is 20.1 Å². The molecule has 0 unspecified atom stereocenters. The van der Waals surface area contributed by atoms with Gasteiger partial charge in [0.05, 0.1) is 41.8 Å².